The van der Waals surface area contributed by atoms with Gasteiger partial charge in [0.15, 0.2) is 0 Å². The fraction of sp³-hybridized carbons (Fsp3) is 0.556. The van der Waals surface area contributed by atoms with Crippen LogP contribution in [0, 0.1) is 5.41 Å². The minimum atomic E-state index is -0.592. The molecular weight excluding hydrogens is 324 g/mol. The van der Waals surface area contributed by atoms with Crippen LogP contribution in [0.5, 0.6) is 5.75 Å². The number of benzene rings is 1. The molecule has 7 heteroatoms. The second kappa shape index (κ2) is 7.01. The van der Waals surface area contributed by atoms with E-state index in [1.807, 2.05) is 18.7 Å². The molecule has 136 valence electrons. The highest BCUT2D eigenvalue weighted by Gasteiger charge is 2.40. The molecule has 0 saturated carbocycles. The third-order valence-electron chi connectivity index (χ3n) is 5.26. The van der Waals surface area contributed by atoms with Gasteiger partial charge in [-0.3, -0.25) is 14.8 Å². The van der Waals surface area contributed by atoms with Gasteiger partial charge in [0, 0.05) is 24.3 Å². The molecule has 0 spiro atoms. The highest BCUT2D eigenvalue weighted by Crippen LogP contribution is 2.38. The van der Waals surface area contributed by atoms with E-state index in [0.29, 0.717) is 37.7 Å². The van der Waals surface area contributed by atoms with Crippen LogP contribution >= 0.6 is 0 Å². The van der Waals surface area contributed by atoms with Crippen LogP contribution < -0.4 is 10.2 Å². The highest BCUT2D eigenvalue weighted by molar-refractivity contribution is 5.94. The number of nitrogens with one attached hydrogen (secondary N) is 1. The number of carbonyl (C=O) groups is 2. The number of ether oxygens (including phenoxy) is 2. The molecule has 1 aromatic carbocycles. The average Bonchev–Trinajstić information content (AvgIpc) is 2.79. The van der Waals surface area contributed by atoms with E-state index in [0.717, 1.165) is 18.4 Å². The topological polar surface area (TPSA) is 88.1 Å². The predicted molar refractivity (Wildman–Crippen MR) is 89.5 cm³/mol. The van der Waals surface area contributed by atoms with Crippen LogP contribution in [0.1, 0.15) is 48.7 Å². The lowest BCUT2D eigenvalue weighted by Gasteiger charge is -2.38. The molecule has 2 heterocycles. The van der Waals surface area contributed by atoms with Gasteiger partial charge in [0.1, 0.15) is 12.4 Å². The van der Waals surface area contributed by atoms with Crippen LogP contribution in [-0.2, 0) is 9.53 Å². The number of fused-ring (bicyclic) bond motifs is 1. The molecule has 2 amide bonds. The van der Waals surface area contributed by atoms with E-state index in [1.165, 1.54) is 0 Å². The van der Waals surface area contributed by atoms with Crippen molar-refractivity contribution in [2.75, 3.05) is 26.4 Å². The molecule has 1 saturated heterocycles. The van der Waals surface area contributed by atoms with Crippen molar-refractivity contribution in [1.29, 1.82) is 0 Å². The molecule has 0 aliphatic carbocycles. The molecule has 2 aliphatic heterocycles. The summed E-state index contributed by atoms with van der Waals surface area (Å²) in [5.41, 5.74) is 2.38. The molecule has 2 aliphatic rings. The first-order valence-corrected chi connectivity index (χ1v) is 8.56. The summed E-state index contributed by atoms with van der Waals surface area (Å²) < 4.78 is 11.2. The lowest BCUT2D eigenvalue weighted by Crippen LogP contribution is -2.46. The first-order valence-electron chi connectivity index (χ1n) is 8.56. The van der Waals surface area contributed by atoms with E-state index < -0.39 is 11.3 Å². The van der Waals surface area contributed by atoms with Gasteiger partial charge in [0.25, 0.3) is 5.91 Å². The zero-order chi connectivity index (χ0) is 18.0. The average molecular weight is 348 g/mol. The summed E-state index contributed by atoms with van der Waals surface area (Å²) in [7, 11) is 0. The molecule has 7 nitrogen and oxygen atoms in total. The van der Waals surface area contributed by atoms with Crippen molar-refractivity contribution in [3.63, 3.8) is 0 Å². The van der Waals surface area contributed by atoms with Crippen molar-refractivity contribution in [3.05, 3.63) is 29.3 Å². The zero-order valence-electron chi connectivity index (χ0n) is 14.6. The van der Waals surface area contributed by atoms with Gasteiger partial charge in [0.05, 0.1) is 18.0 Å². The SMILES string of the molecule is CC1c2ccc(C(=O)NO)cc2OCCN1C(=O)C1(C)CCOCC1. The van der Waals surface area contributed by atoms with Gasteiger partial charge in [-0.05, 0) is 31.9 Å². The molecule has 1 fully saturated rings. The lowest BCUT2D eigenvalue weighted by molar-refractivity contribution is -0.149. The summed E-state index contributed by atoms with van der Waals surface area (Å²) in [6.45, 7) is 6.05. The molecular formula is C18H24N2O5. The predicted octanol–water partition coefficient (Wildman–Crippen LogP) is 1.90. The van der Waals surface area contributed by atoms with Crippen LogP contribution in [0.4, 0.5) is 0 Å². The highest BCUT2D eigenvalue weighted by atomic mass is 16.5. The minimum absolute atomic E-state index is 0.122. The number of hydrogen-bond acceptors (Lipinski definition) is 5. The van der Waals surface area contributed by atoms with Crippen LogP contribution in [-0.4, -0.2) is 48.3 Å². The zero-order valence-corrected chi connectivity index (χ0v) is 14.6. The summed E-state index contributed by atoms with van der Waals surface area (Å²) in [6.07, 6.45) is 1.44. The minimum Gasteiger partial charge on any atom is -0.491 e. The Kier molecular flexibility index (Phi) is 4.96. The van der Waals surface area contributed by atoms with Gasteiger partial charge >= 0.3 is 0 Å². The normalized spacial score (nSPS) is 22.4. The summed E-state index contributed by atoms with van der Waals surface area (Å²) in [6, 6.07) is 4.84. The molecule has 0 aromatic heterocycles. The van der Waals surface area contributed by atoms with E-state index in [2.05, 4.69) is 0 Å². The van der Waals surface area contributed by atoms with Crippen molar-refractivity contribution in [2.45, 2.75) is 32.7 Å². The maximum atomic E-state index is 13.2. The van der Waals surface area contributed by atoms with Crippen molar-refractivity contribution in [1.82, 2.24) is 10.4 Å². The Morgan fingerprint density at radius 1 is 1.28 bits per heavy atom. The number of hydrogen-bond donors (Lipinski definition) is 2. The number of nitrogens with zero attached hydrogens (tertiary/aromatic N) is 1. The van der Waals surface area contributed by atoms with Crippen molar-refractivity contribution in [3.8, 4) is 5.75 Å². The molecule has 25 heavy (non-hydrogen) atoms. The Labute approximate surface area is 146 Å². The number of carbonyl (C=O) groups excluding carboxylic acids is 2. The molecule has 1 aromatic rings. The second-order valence-corrected chi connectivity index (χ2v) is 6.89. The third kappa shape index (κ3) is 3.34. The standard InChI is InChI=1S/C18H24N2O5/c1-12-14-4-3-13(16(21)19-23)11-15(14)25-10-7-20(12)17(22)18(2)5-8-24-9-6-18/h3-4,11-12,23H,5-10H2,1-2H3,(H,19,21). The quantitative estimate of drug-likeness (QED) is 0.630. The summed E-state index contributed by atoms with van der Waals surface area (Å²) in [5.74, 6) is 0.101. The van der Waals surface area contributed by atoms with Crippen molar-refractivity contribution in [2.24, 2.45) is 5.41 Å². The molecule has 0 bridgehead atoms. The Balaban J connectivity index is 1.87. The van der Waals surface area contributed by atoms with Gasteiger partial charge < -0.3 is 14.4 Å². The van der Waals surface area contributed by atoms with Gasteiger partial charge in [-0.25, -0.2) is 5.48 Å². The smallest absolute Gasteiger partial charge is 0.274 e. The molecule has 2 N–H and O–H groups in total. The van der Waals surface area contributed by atoms with E-state index >= 15 is 0 Å². The Morgan fingerprint density at radius 3 is 2.68 bits per heavy atom. The number of amides is 2. The first kappa shape index (κ1) is 17.7. The van der Waals surface area contributed by atoms with Crippen LogP contribution in [0.15, 0.2) is 18.2 Å². The molecule has 0 radical (unpaired) electrons. The maximum Gasteiger partial charge on any atom is 0.274 e. The van der Waals surface area contributed by atoms with Crippen molar-refractivity contribution < 1.29 is 24.3 Å². The molecule has 3 rings (SSSR count). The van der Waals surface area contributed by atoms with Gasteiger partial charge in [-0.1, -0.05) is 13.0 Å². The summed E-state index contributed by atoms with van der Waals surface area (Å²) in [4.78, 5) is 26.6. The van der Waals surface area contributed by atoms with Crippen molar-refractivity contribution >= 4 is 11.8 Å². The first-order chi connectivity index (χ1) is 12.0. The van der Waals surface area contributed by atoms with Gasteiger partial charge in [-0.15, -0.1) is 0 Å². The van der Waals surface area contributed by atoms with Crippen LogP contribution in [0.25, 0.3) is 0 Å². The molecule has 1 unspecified atom stereocenters. The second-order valence-electron chi connectivity index (χ2n) is 6.89. The van der Waals surface area contributed by atoms with Gasteiger partial charge in [-0.2, -0.15) is 0 Å². The Hall–Kier alpha value is -2.12. The maximum absolute atomic E-state index is 13.2. The summed E-state index contributed by atoms with van der Waals surface area (Å²) >= 11 is 0. The third-order valence-corrected chi connectivity index (χ3v) is 5.26. The number of rotatable bonds is 2. The molecule has 1 atom stereocenters. The van der Waals surface area contributed by atoms with Crippen LogP contribution in [0.2, 0.25) is 0 Å². The van der Waals surface area contributed by atoms with Crippen LogP contribution in [0.3, 0.4) is 0 Å². The van der Waals surface area contributed by atoms with E-state index in [4.69, 9.17) is 14.7 Å². The van der Waals surface area contributed by atoms with Gasteiger partial charge in [0.2, 0.25) is 5.91 Å². The van der Waals surface area contributed by atoms with E-state index in [1.54, 1.807) is 23.7 Å². The largest absolute Gasteiger partial charge is 0.491 e. The summed E-state index contributed by atoms with van der Waals surface area (Å²) in [5, 5.41) is 8.78. The monoisotopic (exact) mass is 348 g/mol. The number of hydroxylamine groups is 1. The Bertz CT molecular complexity index is 669. The fourth-order valence-electron chi connectivity index (χ4n) is 3.49. The van der Waals surface area contributed by atoms with E-state index in [9.17, 15) is 9.59 Å². The van der Waals surface area contributed by atoms with E-state index in [-0.39, 0.29) is 11.9 Å². The fourth-order valence-corrected chi connectivity index (χ4v) is 3.49. The Morgan fingerprint density at radius 2 is 2.00 bits per heavy atom. The lowest BCUT2D eigenvalue weighted by atomic mass is 9.80.